The summed E-state index contributed by atoms with van der Waals surface area (Å²) in [6, 6.07) is 0. The van der Waals surface area contributed by atoms with Crippen LogP contribution in [0.4, 0.5) is 0 Å². The van der Waals surface area contributed by atoms with E-state index in [0.717, 1.165) is 0 Å². The van der Waals surface area contributed by atoms with Gasteiger partial charge < -0.3 is 5.11 Å². The molecule has 0 spiro atoms. The van der Waals surface area contributed by atoms with Crippen LogP contribution in [-0.2, 0) is 0 Å². The molecule has 0 aliphatic heterocycles. The Morgan fingerprint density at radius 2 is 1.91 bits per heavy atom. The molecule has 2 unspecified atom stereocenters. The van der Waals surface area contributed by atoms with Gasteiger partial charge in [-0.3, -0.25) is 0 Å². The highest BCUT2D eigenvalue weighted by Crippen LogP contribution is 2.23. The molecule has 3 heteroatoms. The summed E-state index contributed by atoms with van der Waals surface area (Å²) in [6.07, 6.45) is -0.364. The molecule has 2 nitrogen and oxygen atoms in total. The molecule has 0 aromatic carbocycles. The summed E-state index contributed by atoms with van der Waals surface area (Å²) in [5.41, 5.74) is -0.310. The molecule has 0 amide bonds. The first kappa shape index (κ1) is 10.8. The Labute approximate surface area is 73.3 Å². The maximum absolute atomic E-state index is 9.26. The highest BCUT2D eigenvalue weighted by atomic mass is 32.1. The van der Waals surface area contributed by atoms with Crippen LogP contribution in [0, 0.1) is 5.92 Å². The number of nitrogens with zero attached hydrogens (tertiary/aromatic N) is 1. The van der Waals surface area contributed by atoms with Crippen LogP contribution in [0.5, 0.6) is 0 Å². The maximum Gasteiger partial charge on any atom is 0.0704 e. The molecule has 11 heavy (non-hydrogen) atoms. The van der Waals surface area contributed by atoms with Gasteiger partial charge in [0.1, 0.15) is 0 Å². The quantitative estimate of drug-likeness (QED) is 0.522. The van der Waals surface area contributed by atoms with Crippen molar-refractivity contribution in [2.24, 2.45) is 10.9 Å². The van der Waals surface area contributed by atoms with Gasteiger partial charge in [0.15, 0.2) is 0 Å². The predicted molar refractivity (Wildman–Crippen MR) is 49.9 cm³/mol. The van der Waals surface area contributed by atoms with E-state index in [1.165, 1.54) is 0 Å². The number of aliphatic hydroxyl groups excluding tert-OH is 1. The standard InChI is InChI=1S/C8H15NOS/c1-6(7(2)10)8(3,4)9-5-11/h6-7,10H,1-4H3. The summed E-state index contributed by atoms with van der Waals surface area (Å²) < 4.78 is 0. The zero-order chi connectivity index (χ0) is 9.07. The first-order valence-electron chi connectivity index (χ1n) is 3.69. The topological polar surface area (TPSA) is 32.6 Å². The first-order chi connectivity index (χ1) is 4.91. The number of aliphatic hydroxyl groups is 1. The fourth-order valence-corrected chi connectivity index (χ4v) is 1.05. The molecular weight excluding hydrogens is 158 g/mol. The number of rotatable bonds is 3. The maximum atomic E-state index is 9.26. The molecule has 0 bridgehead atoms. The van der Waals surface area contributed by atoms with Crippen molar-refractivity contribution in [1.82, 2.24) is 0 Å². The van der Waals surface area contributed by atoms with Gasteiger partial charge in [-0.25, -0.2) is 4.99 Å². The minimum atomic E-state index is -0.364. The third-order valence-electron chi connectivity index (χ3n) is 2.17. The number of aliphatic imine (C=N–C) groups is 1. The summed E-state index contributed by atoms with van der Waals surface area (Å²) in [5, 5.41) is 11.6. The van der Waals surface area contributed by atoms with Crippen molar-refractivity contribution >= 4 is 17.4 Å². The average Bonchev–Trinajstić information content (AvgIpc) is 1.86. The van der Waals surface area contributed by atoms with Crippen LogP contribution in [-0.4, -0.2) is 21.9 Å². The molecule has 2 atom stereocenters. The van der Waals surface area contributed by atoms with Gasteiger partial charge in [0.05, 0.1) is 16.8 Å². The molecule has 0 aromatic heterocycles. The third-order valence-corrected chi connectivity index (χ3v) is 2.26. The van der Waals surface area contributed by atoms with Crippen molar-refractivity contribution < 1.29 is 5.11 Å². The average molecular weight is 173 g/mol. The Kier molecular flexibility index (Phi) is 3.87. The number of hydrogen-bond acceptors (Lipinski definition) is 3. The summed E-state index contributed by atoms with van der Waals surface area (Å²) in [5.74, 6) is 0.0953. The van der Waals surface area contributed by atoms with E-state index in [1.807, 2.05) is 20.8 Å². The molecule has 0 fully saturated rings. The second-order valence-corrected chi connectivity index (χ2v) is 3.57. The number of isothiocyanates is 1. The molecule has 0 saturated heterocycles. The van der Waals surface area contributed by atoms with Crippen LogP contribution in [0.3, 0.4) is 0 Å². The molecule has 64 valence electrons. The fraction of sp³-hybridized carbons (Fsp3) is 0.875. The SMILES string of the molecule is CC(O)C(C)C(C)(C)N=C=S. The highest BCUT2D eigenvalue weighted by Gasteiger charge is 2.28. The molecule has 1 N–H and O–H groups in total. The van der Waals surface area contributed by atoms with Crippen molar-refractivity contribution in [2.75, 3.05) is 0 Å². The Morgan fingerprint density at radius 3 is 2.18 bits per heavy atom. The van der Waals surface area contributed by atoms with Crippen LogP contribution in [0.1, 0.15) is 27.7 Å². The number of hydrogen-bond donors (Lipinski definition) is 1. The summed E-state index contributed by atoms with van der Waals surface area (Å²) >= 11 is 4.51. The van der Waals surface area contributed by atoms with E-state index in [0.29, 0.717) is 0 Å². The van der Waals surface area contributed by atoms with Crippen LogP contribution < -0.4 is 0 Å². The van der Waals surface area contributed by atoms with Crippen LogP contribution in [0.25, 0.3) is 0 Å². The lowest BCUT2D eigenvalue weighted by Gasteiger charge is -2.28. The molecule has 0 heterocycles. The second kappa shape index (κ2) is 3.96. The van der Waals surface area contributed by atoms with Gasteiger partial charge in [-0.05, 0) is 33.0 Å². The van der Waals surface area contributed by atoms with E-state index in [2.05, 4.69) is 22.4 Å². The summed E-state index contributed by atoms with van der Waals surface area (Å²) in [6.45, 7) is 7.57. The van der Waals surface area contributed by atoms with E-state index in [1.54, 1.807) is 6.92 Å². The van der Waals surface area contributed by atoms with Crippen molar-refractivity contribution in [2.45, 2.75) is 39.3 Å². The lowest BCUT2D eigenvalue weighted by molar-refractivity contribution is 0.0974. The Morgan fingerprint density at radius 1 is 1.45 bits per heavy atom. The van der Waals surface area contributed by atoms with Gasteiger partial charge in [-0.15, -0.1) is 0 Å². The van der Waals surface area contributed by atoms with Gasteiger partial charge in [0, 0.05) is 5.92 Å². The minimum absolute atomic E-state index is 0.0953. The zero-order valence-corrected chi connectivity index (χ0v) is 8.27. The van der Waals surface area contributed by atoms with E-state index < -0.39 is 0 Å². The largest absolute Gasteiger partial charge is 0.393 e. The fourth-order valence-electron chi connectivity index (χ4n) is 0.810. The molecule has 0 aliphatic carbocycles. The summed E-state index contributed by atoms with van der Waals surface area (Å²) in [7, 11) is 0. The van der Waals surface area contributed by atoms with E-state index >= 15 is 0 Å². The Balaban J connectivity index is 4.40. The Bertz CT molecular complexity index is 171. The normalized spacial score (nSPS) is 16.8. The highest BCUT2D eigenvalue weighted by molar-refractivity contribution is 7.78. The van der Waals surface area contributed by atoms with E-state index in [-0.39, 0.29) is 17.6 Å². The molecule has 0 rings (SSSR count). The first-order valence-corrected chi connectivity index (χ1v) is 4.09. The molecular formula is C8H15NOS. The Hall–Kier alpha value is -0.240. The van der Waals surface area contributed by atoms with Gasteiger partial charge in [0.25, 0.3) is 0 Å². The minimum Gasteiger partial charge on any atom is -0.393 e. The van der Waals surface area contributed by atoms with Crippen LogP contribution in [0.15, 0.2) is 4.99 Å². The van der Waals surface area contributed by atoms with Gasteiger partial charge in [-0.1, -0.05) is 6.92 Å². The van der Waals surface area contributed by atoms with Crippen molar-refractivity contribution in [3.05, 3.63) is 0 Å². The van der Waals surface area contributed by atoms with Crippen molar-refractivity contribution in [3.63, 3.8) is 0 Å². The zero-order valence-electron chi connectivity index (χ0n) is 7.46. The molecule has 0 aliphatic rings. The van der Waals surface area contributed by atoms with Crippen LogP contribution >= 0.6 is 12.2 Å². The summed E-state index contributed by atoms with van der Waals surface area (Å²) in [4.78, 5) is 3.98. The van der Waals surface area contributed by atoms with Gasteiger partial charge in [-0.2, -0.15) is 0 Å². The van der Waals surface area contributed by atoms with Gasteiger partial charge in [0.2, 0.25) is 0 Å². The molecule has 0 aromatic rings. The number of thiocarbonyl (C=S) groups is 1. The monoisotopic (exact) mass is 173 g/mol. The molecule has 0 saturated carbocycles. The van der Waals surface area contributed by atoms with Crippen molar-refractivity contribution in [1.29, 1.82) is 0 Å². The second-order valence-electron chi connectivity index (χ2n) is 3.39. The predicted octanol–water partition coefficient (Wildman–Crippen LogP) is 1.88. The van der Waals surface area contributed by atoms with Crippen molar-refractivity contribution in [3.8, 4) is 0 Å². The van der Waals surface area contributed by atoms with E-state index in [9.17, 15) is 5.11 Å². The molecule has 0 radical (unpaired) electrons. The smallest absolute Gasteiger partial charge is 0.0704 e. The lowest BCUT2D eigenvalue weighted by atomic mass is 9.86. The lowest BCUT2D eigenvalue weighted by Crippen LogP contribution is -2.34. The van der Waals surface area contributed by atoms with Crippen LogP contribution in [0.2, 0.25) is 0 Å². The van der Waals surface area contributed by atoms with E-state index in [4.69, 9.17) is 0 Å². The van der Waals surface area contributed by atoms with Gasteiger partial charge >= 0.3 is 0 Å². The third kappa shape index (κ3) is 3.10.